The lowest BCUT2D eigenvalue weighted by atomic mass is 10.0. The van der Waals surface area contributed by atoms with Gasteiger partial charge in [0.05, 0.1) is 7.11 Å². The van der Waals surface area contributed by atoms with E-state index in [1.54, 1.807) is 12.1 Å². The molecule has 3 nitrogen and oxygen atoms in total. The minimum atomic E-state index is -0.409. The fraction of sp³-hybridized carbons (Fsp3) is 0.500. The third-order valence-corrected chi connectivity index (χ3v) is 3.24. The minimum absolute atomic E-state index is 0.296. The Hall–Kier alpha value is -0.940. The van der Waals surface area contributed by atoms with Crippen LogP contribution in [0.15, 0.2) is 22.7 Å². The SMILES string of the molecule is COC(=O)C(CC(C)C)NCc1ccc(Br)cc1F. The van der Waals surface area contributed by atoms with E-state index in [4.69, 9.17) is 4.74 Å². The van der Waals surface area contributed by atoms with Crippen molar-refractivity contribution in [3.05, 3.63) is 34.1 Å². The van der Waals surface area contributed by atoms with Gasteiger partial charge in [0, 0.05) is 16.6 Å². The van der Waals surface area contributed by atoms with Crippen molar-refractivity contribution >= 4 is 21.9 Å². The summed E-state index contributed by atoms with van der Waals surface area (Å²) in [4.78, 5) is 11.6. The molecule has 1 aromatic carbocycles. The summed E-state index contributed by atoms with van der Waals surface area (Å²) in [5, 5.41) is 3.05. The molecule has 0 saturated heterocycles. The van der Waals surface area contributed by atoms with E-state index in [1.807, 2.05) is 13.8 Å². The topological polar surface area (TPSA) is 38.3 Å². The number of rotatable bonds is 6. The number of hydrogen-bond acceptors (Lipinski definition) is 3. The van der Waals surface area contributed by atoms with E-state index in [0.29, 0.717) is 28.9 Å². The number of esters is 1. The van der Waals surface area contributed by atoms with Gasteiger partial charge in [-0.05, 0) is 24.5 Å². The number of halogens is 2. The number of nitrogens with one attached hydrogen (secondary N) is 1. The first-order valence-corrected chi connectivity index (χ1v) is 6.98. The average Bonchev–Trinajstić information content (AvgIpc) is 2.34. The van der Waals surface area contributed by atoms with E-state index >= 15 is 0 Å². The summed E-state index contributed by atoms with van der Waals surface area (Å²) in [5.41, 5.74) is 0.529. The molecule has 0 aliphatic carbocycles. The van der Waals surface area contributed by atoms with Crippen LogP contribution in [0.5, 0.6) is 0 Å². The number of methoxy groups -OCH3 is 1. The van der Waals surface area contributed by atoms with Gasteiger partial charge in [0.2, 0.25) is 0 Å². The van der Waals surface area contributed by atoms with Gasteiger partial charge in [-0.1, -0.05) is 35.8 Å². The van der Waals surface area contributed by atoms with Crippen LogP contribution in [0.3, 0.4) is 0 Å². The molecule has 1 atom stereocenters. The van der Waals surface area contributed by atoms with Crippen molar-refractivity contribution < 1.29 is 13.9 Å². The Bertz CT molecular complexity index is 437. The molecule has 0 heterocycles. The molecule has 0 aliphatic heterocycles. The Morgan fingerprint density at radius 3 is 2.68 bits per heavy atom. The van der Waals surface area contributed by atoms with Crippen LogP contribution in [0, 0.1) is 11.7 Å². The average molecular weight is 332 g/mol. The molecule has 0 spiro atoms. The highest BCUT2D eigenvalue weighted by molar-refractivity contribution is 9.10. The second-order valence-electron chi connectivity index (χ2n) is 4.82. The second kappa shape index (κ2) is 7.60. The summed E-state index contributed by atoms with van der Waals surface area (Å²) in [5.74, 6) is -0.257. The normalized spacial score (nSPS) is 12.5. The molecule has 0 bridgehead atoms. The van der Waals surface area contributed by atoms with Crippen molar-refractivity contribution in [2.75, 3.05) is 7.11 Å². The molecule has 1 unspecified atom stereocenters. The largest absolute Gasteiger partial charge is 0.468 e. The van der Waals surface area contributed by atoms with Crippen molar-refractivity contribution in [1.82, 2.24) is 5.32 Å². The van der Waals surface area contributed by atoms with E-state index in [1.165, 1.54) is 13.2 Å². The van der Waals surface area contributed by atoms with Gasteiger partial charge in [-0.25, -0.2) is 4.39 Å². The summed E-state index contributed by atoms with van der Waals surface area (Å²) < 4.78 is 19.1. The van der Waals surface area contributed by atoms with Crippen molar-refractivity contribution in [2.45, 2.75) is 32.9 Å². The molecule has 0 aromatic heterocycles. The Morgan fingerprint density at radius 2 is 2.16 bits per heavy atom. The Morgan fingerprint density at radius 1 is 1.47 bits per heavy atom. The zero-order valence-corrected chi connectivity index (χ0v) is 13.0. The highest BCUT2D eigenvalue weighted by Crippen LogP contribution is 2.16. The van der Waals surface area contributed by atoms with Crippen LogP contribution in [-0.4, -0.2) is 19.1 Å². The maximum atomic E-state index is 13.7. The molecule has 0 radical (unpaired) electrons. The van der Waals surface area contributed by atoms with Gasteiger partial charge >= 0.3 is 5.97 Å². The zero-order chi connectivity index (χ0) is 14.4. The maximum absolute atomic E-state index is 13.7. The van der Waals surface area contributed by atoms with E-state index < -0.39 is 6.04 Å². The molecule has 1 N–H and O–H groups in total. The molecule has 1 rings (SSSR count). The molecule has 19 heavy (non-hydrogen) atoms. The molecular weight excluding hydrogens is 313 g/mol. The highest BCUT2D eigenvalue weighted by Gasteiger charge is 2.20. The molecule has 5 heteroatoms. The van der Waals surface area contributed by atoms with Crippen LogP contribution in [0.4, 0.5) is 4.39 Å². The number of ether oxygens (including phenoxy) is 1. The molecule has 1 aromatic rings. The van der Waals surface area contributed by atoms with Crippen LogP contribution in [-0.2, 0) is 16.1 Å². The number of benzene rings is 1. The number of carbonyl (C=O) groups excluding carboxylic acids is 1. The Kier molecular flexibility index (Phi) is 6.45. The quantitative estimate of drug-likeness (QED) is 0.813. The maximum Gasteiger partial charge on any atom is 0.322 e. The van der Waals surface area contributed by atoms with Gasteiger partial charge in [-0.2, -0.15) is 0 Å². The predicted molar refractivity (Wildman–Crippen MR) is 76.2 cm³/mol. The van der Waals surface area contributed by atoms with Gasteiger partial charge < -0.3 is 10.1 Å². The highest BCUT2D eigenvalue weighted by atomic mass is 79.9. The zero-order valence-electron chi connectivity index (χ0n) is 11.4. The lowest BCUT2D eigenvalue weighted by Gasteiger charge is -2.18. The predicted octanol–water partition coefficient (Wildman–Crippen LogP) is 3.27. The molecule has 0 aliphatic rings. The summed E-state index contributed by atoms with van der Waals surface area (Å²) in [6.45, 7) is 4.35. The van der Waals surface area contributed by atoms with E-state index in [2.05, 4.69) is 21.2 Å². The number of hydrogen-bond donors (Lipinski definition) is 1. The fourth-order valence-electron chi connectivity index (χ4n) is 1.77. The molecule has 0 saturated carbocycles. The van der Waals surface area contributed by atoms with Crippen LogP contribution in [0.25, 0.3) is 0 Å². The lowest BCUT2D eigenvalue weighted by Crippen LogP contribution is -2.38. The third kappa shape index (κ3) is 5.28. The van der Waals surface area contributed by atoms with Gasteiger partial charge in [-0.15, -0.1) is 0 Å². The van der Waals surface area contributed by atoms with Crippen LogP contribution in [0.1, 0.15) is 25.8 Å². The van der Waals surface area contributed by atoms with Crippen LogP contribution < -0.4 is 5.32 Å². The molecule has 0 fully saturated rings. The summed E-state index contributed by atoms with van der Waals surface area (Å²) in [6.07, 6.45) is 0.658. The first-order valence-electron chi connectivity index (χ1n) is 6.19. The lowest BCUT2D eigenvalue weighted by molar-refractivity contribution is -0.143. The Balaban J connectivity index is 2.67. The van der Waals surface area contributed by atoms with Gasteiger partial charge in [-0.3, -0.25) is 4.79 Å². The second-order valence-corrected chi connectivity index (χ2v) is 5.74. The summed E-state index contributed by atoms with van der Waals surface area (Å²) in [7, 11) is 1.36. The van der Waals surface area contributed by atoms with Crippen molar-refractivity contribution in [1.29, 1.82) is 0 Å². The van der Waals surface area contributed by atoms with E-state index in [-0.39, 0.29) is 11.8 Å². The standard InChI is InChI=1S/C14H19BrFNO2/c1-9(2)6-13(14(18)19-3)17-8-10-4-5-11(15)7-12(10)16/h4-5,7,9,13,17H,6,8H2,1-3H3. The summed E-state index contributed by atoms with van der Waals surface area (Å²) in [6, 6.07) is 4.46. The fourth-order valence-corrected chi connectivity index (χ4v) is 2.11. The minimum Gasteiger partial charge on any atom is -0.468 e. The van der Waals surface area contributed by atoms with Gasteiger partial charge in [0.1, 0.15) is 11.9 Å². The Labute approximate surface area is 121 Å². The number of carbonyl (C=O) groups is 1. The summed E-state index contributed by atoms with van der Waals surface area (Å²) >= 11 is 3.21. The van der Waals surface area contributed by atoms with E-state index in [0.717, 1.165) is 0 Å². The monoisotopic (exact) mass is 331 g/mol. The third-order valence-electron chi connectivity index (χ3n) is 2.75. The van der Waals surface area contributed by atoms with Crippen LogP contribution >= 0.6 is 15.9 Å². The first kappa shape index (κ1) is 16.1. The van der Waals surface area contributed by atoms with E-state index in [9.17, 15) is 9.18 Å². The molecule has 106 valence electrons. The molecular formula is C14H19BrFNO2. The first-order chi connectivity index (χ1) is 8.93. The van der Waals surface area contributed by atoms with Crippen LogP contribution in [0.2, 0.25) is 0 Å². The smallest absolute Gasteiger partial charge is 0.322 e. The van der Waals surface area contributed by atoms with Gasteiger partial charge in [0.25, 0.3) is 0 Å². The van der Waals surface area contributed by atoms with Crippen molar-refractivity contribution in [2.24, 2.45) is 5.92 Å². The van der Waals surface area contributed by atoms with Crippen molar-refractivity contribution in [3.63, 3.8) is 0 Å². The van der Waals surface area contributed by atoms with Gasteiger partial charge in [0.15, 0.2) is 0 Å². The molecule has 0 amide bonds. The van der Waals surface area contributed by atoms with Crippen molar-refractivity contribution in [3.8, 4) is 0 Å².